The number of nitrogens with one attached hydrogen (secondary N) is 1. The molecule has 1 aliphatic carbocycles. The lowest BCUT2D eigenvalue weighted by molar-refractivity contribution is 0.415. The molecule has 0 bridgehead atoms. The smallest absolute Gasteiger partial charge is 0.228 e. The van der Waals surface area contributed by atoms with Gasteiger partial charge in [-0.15, -0.1) is 0 Å². The first kappa shape index (κ1) is 17.7. The van der Waals surface area contributed by atoms with Crippen molar-refractivity contribution < 1.29 is 9.44 Å². The van der Waals surface area contributed by atoms with Crippen LogP contribution in [-0.4, -0.2) is 29.2 Å². The van der Waals surface area contributed by atoms with Crippen LogP contribution in [0.15, 0.2) is 36.5 Å². The van der Waals surface area contributed by atoms with Crippen molar-refractivity contribution in [2.45, 2.75) is 25.8 Å². The number of halogens is 1. The summed E-state index contributed by atoms with van der Waals surface area (Å²) in [6, 6.07) is 10.4. The van der Waals surface area contributed by atoms with Gasteiger partial charge in [-0.25, -0.2) is 0 Å². The number of nitrogens with zero attached hydrogens (tertiary/aromatic N) is 3. The molecule has 1 saturated carbocycles. The van der Waals surface area contributed by atoms with Crippen LogP contribution in [0.3, 0.4) is 0 Å². The van der Waals surface area contributed by atoms with Gasteiger partial charge in [-0.2, -0.15) is 4.98 Å². The Balaban J connectivity index is 0.00000208. The monoisotopic (exact) mass is 330 g/mol. The molecule has 0 unspecified atom stereocenters. The molecule has 3 rings (SSSR count). The Hall–Kier alpha value is -2.63. The highest BCUT2D eigenvalue weighted by molar-refractivity contribution is 5.61. The second-order valence-corrected chi connectivity index (χ2v) is 5.62. The van der Waals surface area contributed by atoms with Crippen LogP contribution in [-0.2, 0) is 0 Å². The average Bonchev–Trinajstić information content (AvgIpc) is 3.40. The number of hydrogen-bond acceptors (Lipinski definition) is 4. The lowest BCUT2D eigenvalue weighted by Gasteiger charge is -2.21. The minimum atomic E-state index is 0. The summed E-state index contributed by atoms with van der Waals surface area (Å²) in [6.45, 7) is 3.07. The van der Waals surface area contributed by atoms with E-state index in [1.165, 1.54) is 12.8 Å². The van der Waals surface area contributed by atoms with Gasteiger partial charge in [-0.3, -0.25) is 14.7 Å². The second-order valence-electron chi connectivity index (χ2n) is 5.62. The number of hydrogen-bond donors (Lipinski definition) is 1. The third-order valence-corrected chi connectivity index (χ3v) is 4.02. The summed E-state index contributed by atoms with van der Waals surface area (Å²) in [5, 5.41) is 8.13. The number of methoxy groups -OCH3 is 1. The molecular formula is C18H23FN4O. The molecule has 1 N–H and O–H groups in total. The number of ether oxygens (including phenoxy) is 1. The molecule has 24 heavy (non-hydrogen) atoms. The van der Waals surface area contributed by atoms with Crippen LogP contribution in [0.4, 0.5) is 10.5 Å². The van der Waals surface area contributed by atoms with E-state index in [-0.39, 0.29) is 10.3 Å². The zero-order valence-corrected chi connectivity index (χ0v) is 14.0. The lowest BCUT2D eigenvalue weighted by Crippen LogP contribution is -2.29. The third-order valence-electron chi connectivity index (χ3n) is 4.02. The van der Waals surface area contributed by atoms with Crippen molar-refractivity contribution in [1.29, 1.82) is 5.41 Å². The molecule has 2 aromatic rings. The van der Waals surface area contributed by atoms with E-state index >= 15 is 0 Å². The number of benzene rings is 1. The maximum Gasteiger partial charge on any atom is 0.228 e. The van der Waals surface area contributed by atoms with Crippen molar-refractivity contribution >= 4 is 18.1 Å². The van der Waals surface area contributed by atoms with Gasteiger partial charge in [-0.05, 0) is 49.6 Å². The summed E-state index contributed by atoms with van der Waals surface area (Å²) in [5.41, 5.74) is 1.29. The van der Waals surface area contributed by atoms with Crippen LogP contribution in [0.25, 0.3) is 12.3 Å². The highest BCUT2D eigenvalue weighted by Crippen LogP contribution is 2.29. The zero-order valence-electron chi connectivity index (χ0n) is 14.0. The van der Waals surface area contributed by atoms with E-state index in [9.17, 15) is 0 Å². The van der Waals surface area contributed by atoms with E-state index in [1.807, 2.05) is 48.8 Å². The van der Waals surface area contributed by atoms with Crippen LogP contribution in [0.2, 0.25) is 0 Å². The van der Waals surface area contributed by atoms with Gasteiger partial charge in [0.05, 0.1) is 7.11 Å². The number of rotatable bonds is 6. The predicted octanol–water partition coefficient (Wildman–Crippen LogP) is 3.14. The molecule has 0 saturated heterocycles. The van der Waals surface area contributed by atoms with Crippen molar-refractivity contribution in [3.8, 4) is 5.75 Å². The van der Waals surface area contributed by atoms with Gasteiger partial charge in [0.2, 0.25) is 5.62 Å². The van der Waals surface area contributed by atoms with Crippen molar-refractivity contribution in [3.63, 3.8) is 0 Å². The van der Waals surface area contributed by atoms with E-state index in [2.05, 4.69) is 16.8 Å². The summed E-state index contributed by atoms with van der Waals surface area (Å²) < 4.78 is 6.86. The SMILES string of the molecule is CCN(c1ccn(/C=C/c2ccc(OC)cc2)c(=N)n1)C1CC1.F. The molecule has 1 aromatic carbocycles. The lowest BCUT2D eigenvalue weighted by atomic mass is 10.2. The molecule has 0 atom stereocenters. The van der Waals surface area contributed by atoms with Crippen LogP contribution in [0.5, 0.6) is 5.75 Å². The molecule has 128 valence electrons. The van der Waals surface area contributed by atoms with Gasteiger partial charge in [0.1, 0.15) is 11.6 Å². The highest BCUT2D eigenvalue weighted by Gasteiger charge is 2.28. The summed E-state index contributed by atoms with van der Waals surface area (Å²) >= 11 is 0. The van der Waals surface area contributed by atoms with Crippen LogP contribution < -0.4 is 15.3 Å². The van der Waals surface area contributed by atoms with Gasteiger partial charge < -0.3 is 9.64 Å². The Labute approximate surface area is 141 Å². The van der Waals surface area contributed by atoms with E-state index in [0.717, 1.165) is 23.7 Å². The fourth-order valence-electron chi connectivity index (χ4n) is 2.58. The first-order valence-electron chi connectivity index (χ1n) is 7.94. The molecule has 1 aromatic heterocycles. The largest absolute Gasteiger partial charge is 0.497 e. The summed E-state index contributed by atoms with van der Waals surface area (Å²) in [6.07, 6.45) is 8.17. The van der Waals surface area contributed by atoms with E-state index in [4.69, 9.17) is 10.1 Å². The van der Waals surface area contributed by atoms with Crippen molar-refractivity contribution in [1.82, 2.24) is 9.55 Å². The Morgan fingerprint density at radius 2 is 2.00 bits per heavy atom. The molecule has 5 nitrogen and oxygen atoms in total. The summed E-state index contributed by atoms with van der Waals surface area (Å²) in [4.78, 5) is 6.70. The van der Waals surface area contributed by atoms with Gasteiger partial charge in [0, 0.05) is 25.0 Å². The number of aromatic nitrogens is 2. The fourth-order valence-corrected chi connectivity index (χ4v) is 2.58. The van der Waals surface area contributed by atoms with Crippen LogP contribution in [0, 0.1) is 5.41 Å². The standard InChI is InChI=1S/C18H22N4O.FH/c1-3-22(15-6-7-15)17-11-13-21(18(19)20-17)12-10-14-4-8-16(23-2)9-5-14;/h4-5,8-13,15,19H,3,6-7H2,1-2H3;1H/b12-10+,19-18?;. The van der Waals surface area contributed by atoms with E-state index < -0.39 is 0 Å². The normalized spacial score (nSPS) is 13.6. The summed E-state index contributed by atoms with van der Waals surface area (Å²) in [7, 11) is 1.65. The fraction of sp³-hybridized carbons (Fsp3) is 0.333. The first-order valence-corrected chi connectivity index (χ1v) is 7.94. The van der Waals surface area contributed by atoms with Crippen molar-refractivity contribution in [2.75, 3.05) is 18.6 Å². The van der Waals surface area contributed by atoms with Gasteiger partial charge in [0.15, 0.2) is 0 Å². The molecule has 6 heteroatoms. The Morgan fingerprint density at radius 3 is 2.54 bits per heavy atom. The van der Waals surface area contributed by atoms with E-state index in [0.29, 0.717) is 6.04 Å². The highest BCUT2D eigenvalue weighted by atomic mass is 19.0. The van der Waals surface area contributed by atoms with Crippen molar-refractivity contribution in [3.05, 3.63) is 47.7 Å². The predicted molar refractivity (Wildman–Crippen MR) is 94.8 cm³/mol. The average molecular weight is 330 g/mol. The Kier molecular flexibility index (Phi) is 5.73. The van der Waals surface area contributed by atoms with Crippen LogP contribution >= 0.6 is 0 Å². The van der Waals surface area contributed by atoms with Gasteiger partial charge in [-0.1, -0.05) is 12.1 Å². The third kappa shape index (κ3) is 4.01. The second kappa shape index (κ2) is 7.77. The number of anilines is 1. The van der Waals surface area contributed by atoms with Crippen molar-refractivity contribution in [2.24, 2.45) is 0 Å². The minimum absolute atomic E-state index is 0. The Morgan fingerprint density at radius 1 is 1.29 bits per heavy atom. The van der Waals surface area contributed by atoms with Crippen LogP contribution in [0.1, 0.15) is 25.3 Å². The minimum Gasteiger partial charge on any atom is -0.497 e. The zero-order chi connectivity index (χ0) is 16.2. The first-order chi connectivity index (χ1) is 11.2. The molecular weight excluding hydrogens is 307 g/mol. The van der Waals surface area contributed by atoms with Gasteiger partial charge >= 0.3 is 0 Å². The molecule has 1 heterocycles. The topological polar surface area (TPSA) is 54.1 Å². The van der Waals surface area contributed by atoms with E-state index in [1.54, 1.807) is 11.7 Å². The molecule has 0 aliphatic heterocycles. The molecule has 1 aliphatic rings. The molecule has 1 fully saturated rings. The molecule has 0 amide bonds. The summed E-state index contributed by atoms with van der Waals surface area (Å²) in [5.74, 6) is 1.73. The quantitative estimate of drug-likeness (QED) is 0.885. The maximum atomic E-state index is 8.13. The maximum absolute atomic E-state index is 8.13. The molecule has 0 radical (unpaired) electrons. The Bertz CT molecular complexity index is 750. The molecule has 0 spiro atoms. The van der Waals surface area contributed by atoms with Gasteiger partial charge in [0.25, 0.3) is 0 Å².